The van der Waals surface area contributed by atoms with Crippen molar-refractivity contribution in [2.45, 2.75) is 109 Å². The Hall–Kier alpha value is -1.07. The number of nitrogens with zero attached hydrogens (tertiary/aromatic N) is 1. The summed E-state index contributed by atoms with van der Waals surface area (Å²) in [4.78, 5) is 16.6. The lowest BCUT2D eigenvalue weighted by Crippen LogP contribution is -2.43. The van der Waals surface area contributed by atoms with E-state index in [0.29, 0.717) is 22.8 Å². The molecule has 1 aromatic heterocycles. The number of aliphatic hydroxyl groups is 1. The fraction of sp³-hybridized carbons (Fsp3) is 0.808. The van der Waals surface area contributed by atoms with Crippen LogP contribution in [0.4, 0.5) is 5.69 Å². The second-order valence-corrected chi connectivity index (χ2v) is 11.9. The fourth-order valence-corrected chi connectivity index (χ4v) is 7.29. The van der Waals surface area contributed by atoms with Crippen LogP contribution in [0.1, 0.15) is 111 Å². The first kappa shape index (κ1) is 23.1. The van der Waals surface area contributed by atoms with Gasteiger partial charge < -0.3 is 15.1 Å². The topological polar surface area (TPSA) is 60.8 Å². The SMILES string of the molecule is CC1CCC(CN(c2cc(C3CCC(C)CC3)sc2C(=O)O)C2CCC(O)CC2)CC1. The van der Waals surface area contributed by atoms with Crippen molar-refractivity contribution >= 4 is 23.0 Å². The van der Waals surface area contributed by atoms with Gasteiger partial charge in [-0.05, 0) is 81.1 Å². The maximum absolute atomic E-state index is 12.3. The molecule has 3 saturated carbocycles. The molecule has 1 heterocycles. The molecule has 5 heteroatoms. The van der Waals surface area contributed by atoms with Crippen molar-refractivity contribution in [3.8, 4) is 0 Å². The lowest BCUT2D eigenvalue weighted by atomic mass is 9.81. The van der Waals surface area contributed by atoms with Gasteiger partial charge in [-0.25, -0.2) is 4.79 Å². The predicted molar refractivity (Wildman–Crippen MR) is 128 cm³/mol. The minimum atomic E-state index is -0.770. The molecule has 4 rings (SSSR count). The van der Waals surface area contributed by atoms with Crippen LogP contribution >= 0.6 is 11.3 Å². The van der Waals surface area contributed by atoms with Gasteiger partial charge in [-0.1, -0.05) is 39.5 Å². The van der Waals surface area contributed by atoms with Crippen LogP contribution < -0.4 is 4.90 Å². The smallest absolute Gasteiger partial charge is 0.348 e. The van der Waals surface area contributed by atoms with Crippen LogP contribution in [-0.4, -0.2) is 34.9 Å². The molecule has 0 atom stereocenters. The van der Waals surface area contributed by atoms with Gasteiger partial charge in [0.15, 0.2) is 0 Å². The molecular weight excluding hydrogens is 406 g/mol. The molecule has 3 aliphatic rings. The maximum Gasteiger partial charge on any atom is 0.348 e. The first-order valence-electron chi connectivity index (χ1n) is 12.7. The molecule has 0 bridgehead atoms. The number of hydrogen-bond acceptors (Lipinski definition) is 4. The third-order valence-corrected chi connectivity index (χ3v) is 9.63. The number of carbonyl (C=O) groups is 1. The van der Waals surface area contributed by atoms with Crippen LogP contribution in [0, 0.1) is 17.8 Å². The number of aliphatic hydroxyl groups excluding tert-OH is 1. The Labute approximate surface area is 192 Å². The number of thiophene rings is 1. The highest BCUT2D eigenvalue weighted by Gasteiger charge is 2.33. The fourth-order valence-electron chi connectivity index (χ4n) is 6.12. The van der Waals surface area contributed by atoms with Crippen LogP contribution in [0.25, 0.3) is 0 Å². The number of carboxylic acid groups (broad SMARTS) is 1. The molecule has 0 unspecified atom stereocenters. The number of anilines is 1. The van der Waals surface area contributed by atoms with E-state index in [1.807, 2.05) is 0 Å². The average molecular weight is 448 g/mol. The minimum Gasteiger partial charge on any atom is -0.477 e. The molecule has 3 aliphatic carbocycles. The van der Waals surface area contributed by atoms with Crippen molar-refractivity contribution in [2.75, 3.05) is 11.4 Å². The van der Waals surface area contributed by atoms with Crippen LogP contribution in [0.15, 0.2) is 6.07 Å². The predicted octanol–water partition coefficient (Wildman–Crippen LogP) is 6.68. The Morgan fingerprint density at radius 3 is 2.10 bits per heavy atom. The Morgan fingerprint density at radius 2 is 1.52 bits per heavy atom. The van der Waals surface area contributed by atoms with Crippen LogP contribution in [-0.2, 0) is 0 Å². The summed E-state index contributed by atoms with van der Waals surface area (Å²) in [6, 6.07) is 2.61. The van der Waals surface area contributed by atoms with Gasteiger partial charge in [-0.2, -0.15) is 0 Å². The molecule has 0 aromatic carbocycles. The zero-order valence-corrected chi connectivity index (χ0v) is 20.2. The summed E-state index contributed by atoms with van der Waals surface area (Å²) in [6.07, 6.45) is 13.4. The summed E-state index contributed by atoms with van der Waals surface area (Å²) in [5.41, 5.74) is 0.978. The summed E-state index contributed by atoms with van der Waals surface area (Å²) in [6.45, 7) is 5.67. The Morgan fingerprint density at radius 1 is 0.935 bits per heavy atom. The number of carboxylic acids is 1. The molecule has 4 nitrogen and oxygen atoms in total. The highest BCUT2D eigenvalue weighted by Crippen LogP contribution is 2.44. The molecule has 174 valence electrons. The van der Waals surface area contributed by atoms with Crippen LogP contribution in [0.2, 0.25) is 0 Å². The van der Waals surface area contributed by atoms with Gasteiger partial charge in [0, 0.05) is 17.5 Å². The minimum absolute atomic E-state index is 0.185. The van der Waals surface area contributed by atoms with E-state index in [-0.39, 0.29) is 6.10 Å². The summed E-state index contributed by atoms with van der Waals surface area (Å²) in [5.74, 6) is 2.04. The molecule has 1 aromatic rings. The summed E-state index contributed by atoms with van der Waals surface area (Å²) >= 11 is 1.54. The lowest BCUT2D eigenvalue weighted by Gasteiger charge is -2.40. The van der Waals surface area contributed by atoms with Crippen molar-refractivity contribution in [3.63, 3.8) is 0 Å². The third-order valence-electron chi connectivity index (χ3n) is 8.35. The van der Waals surface area contributed by atoms with Crippen molar-refractivity contribution in [3.05, 3.63) is 15.8 Å². The van der Waals surface area contributed by atoms with E-state index in [1.54, 1.807) is 11.3 Å². The number of hydrogen-bond donors (Lipinski definition) is 2. The number of aromatic carboxylic acids is 1. The second-order valence-electron chi connectivity index (χ2n) is 10.9. The Bertz CT molecular complexity index is 723. The second kappa shape index (κ2) is 10.2. The Balaban J connectivity index is 1.60. The van der Waals surface area contributed by atoms with Crippen molar-refractivity contribution in [1.82, 2.24) is 0 Å². The first-order chi connectivity index (χ1) is 14.9. The largest absolute Gasteiger partial charge is 0.477 e. The van der Waals surface area contributed by atoms with Crippen LogP contribution in [0.5, 0.6) is 0 Å². The number of rotatable bonds is 6. The van der Waals surface area contributed by atoms with Gasteiger partial charge in [-0.3, -0.25) is 0 Å². The van der Waals surface area contributed by atoms with Crippen molar-refractivity contribution < 1.29 is 15.0 Å². The Kier molecular flexibility index (Phi) is 7.64. The van der Waals surface area contributed by atoms with Gasteiger partial charge in [0.25, 0.3) is 0 Å². The third kappa shape index (κ3) is 5.65. The van der Waals surface area contributed by atoms with Gasteiger partial charge >= 0.3 is 5.97 Å². The molecule has 2 N–H and O–H groups in total. The van der Waals surface area contributed by atoms with Crippen molar-refractivity contribution in [2.24, 2.45) is 17.8 Å². The molecular formula is C26H41NO3S. The van der Waals surface area contributed by atoms with E-state index in [9.17, 15) is 15.0 Å². The highest BCUT2D eigenvalue weighted by atomic mass is 32.1. The molecule has 0 aliphatic heterocycles. The molecule has 0 radical (unpaired) electrons. The monoisotopic (exact) mass is 447 g/mol. The quantitative estimate of drug-likeness (QED) is 0.511. The molecule has 0 amide bonds. The van der Waals surface area contributed by atoms with E-state index < -0.39 is 5.97 Å². The van der Waals surface area contributed by atoms with E-state index >= 15 is 0 Å². The van der Waals surface area contributed by atoms with E-state index in [2.05, 4.69) is 24.8 Å². The average Bonchev–Trinajstić information content (AvgIpc) is 3.20. The maximum atomic E-state index is 12.3. The van der Waals surface area contributed by atoms with E-state index in [4.69, 9.17) is 0 Å². The standard InChI is InChI=1S/C26H41NO3S/c1-17-3-7-19(8-4-17)16-27(21-11-13-22(28)14-12-21)23-15-24(31-25(23)26(29)30)20-9-5-18(2)6-10-20/h15,17-22,28H,3-14,16H2,1-2H3,(H,29,30). The molecule has 0 spiro atoms. The summed E-state index contributed by atoms with van der Waals surface area (Å²) < 4.78 is 0. The lowest BCUT2D eigenvalue weighted by molar-refractivity contribution is 0.0702. The first-order valence-corrected chi connectivity index (χ1v) is 13.5. The van der Waals surface area contributed by atoms with Gasteiger partial charge in [0.2, 0.25) is 0 Å². The zero-order chi connectivity index (χ0) is 22.0. The normalized spacial score (nSPS) is 34.4. The highest BCUT2D eigenvalue weighted by molar-refractivity contribution is 7.14. The van der Waals surface area contributed by atoms with Gasteiger partial charge in [0.05, 0.1) is 11.8 Å². The molecule has 0 saturated heterocycles. The molecule has 31 heavy (non-hydrogen) atoms. The molecule has 3 fully saturated rings. The zero-order valence-electron chi connectivity index (χ0n) is 19.4. The van der Waals surface area contributed by atoms with E-state index in [0.717, 1.165) is 49.8 Å². The van der Waals surface area contributed by atoms with Crippen LogP contribution in [0.3, 0.4) is 0 Å². The van der Waals surface area contributed by atoms with Crippen molar-refractivity contribution in [1.29, 1.82) is 0 Å². The van der Waals surface area contributed by atoms with E-state index in [1.165, 1.54) is 56.2 Å². The summed E-state index contributed by atoms with van der Waals surface area (Å²) in [5, 5.41) is 20.2. The van der Waals surface area contributed by atoms with Gasteiger partial charge in [0.1, 0.15) is 4.88 Å². The summed E-state index contributed by atoms with van der Waals surface area (Å²) in [7, 11) is 0. The van der Waals surface area contributed by atoms with Gasteiger partial charge in [-0.15, -0.1) is 11.3 Å².